The maximum absolute atomic E-state index is 10.2. The topological polar surface area (TPSA) is 47.3 Å². The van der Waals surface area contributed by atoms with Crippen LogP contribution in [-0.2, 0) is 11.3 Å². The third kappa shape index (κ3) is 2.63. The summed E-state index contributed by atoms with van der Waals surface area (Å²) in [5.74, 6) is 0. The molecule has 0 bridgehead atoms. The van der Waals surface area contributed by atoms with Crippen LogP contribution in [0.1, 0.15) is 5.56 Å². The first-order valence-electron chi connectivity index (χ1n) is 7.56. The number of aromatic nitrogens is 2. The van der Waals surface area contributed by atoms with Crippen molar-refractivity contribution >= 4 is 22.6 Å². The Labute approximate surface area is 139 Å². The van der Waals surface area contributed by atoms with Gasteiger partial charge in [0.05, 0.1) is 37.1 Å². The standard InChI is InChI=1S/C18H17ClN2O2/c1-12-2-4-15(19)14(6-12)13-3-5-17-16(7-13)20-11-21(17)8-18(22)9-23-10-18/h2-7,11,22H,8-10H2,1H3. The van der Waals surface area contributed by atoms with Crippen molar-refractivity contribution in [1.82, 2.24) is 9.55 Å². The van der Waals surface area contributed by atoms with Gasteiger partial charge in [0.15, 0.2) is 0 Å². The van der Waals surface area contributed by atoms with Crippen molar-refractivity contribution in [3.63, 3.8) is 0 Å². The van der Waals surface area contributed by atoms with Gasteiger partial charge in [-0.05, 0) is 36.8 Å². The van der Waals surface area contributed by atoms with E-state index in [2.05, 4.69) is 18.0 Å². The van der Waals surface area contributed by atoms with Gasteiger partial charge in [0.1, 0.15) is 5.60 Å². The molecule has 2 aromatic carbocycles. The maximum atomic E-state index is 10.2. The van der Waals surface area contributed by atoms with Crippen molar-refractivity contribution in [2.45, 2.75) is 19.1 Å². The van der Waals surface area contributed by atoms with Crippen molar-refractivity contribution in [3.8, 4) is 11.1 Å². The SMILES string of the molecule is Cc1ccc(Cl)c(-c2ccc3c(c2)ncn3CC2(O)COC2)c1. The summed E-state index contributed by atoms with van der Waals surface area (Å²) in [7, 11) is 0. The van der Waals surface area contributed by atoms with Gasteiger partial charge in [-0.1, -0.05) is 29.3 Å². The molecule has 2 heterocycles. The number of nitrogens with zero attached hydrogens (tertiary/aromatic N) is 2. The van der Waals surface area contributed by atoms with E-state index < -0.39 is 5.60 Å². The number of imidazole rings is 1. The van der Waals surface area contributed by atoms with Crippen LogP contribution in [0, 0.1) is 6.92 Å². The monoisotopic (exact) mass is 328 g/mol. The number of aliphatic hydroxyl groups is 1. The van der Waals surface area contributed by atoms with E-state index in [0.717, 1.165) is 27.2 Å². The van der Waals surface area contributed by atoms with Gasteiger partial charge in [-0.2, -0.15) is 0 Å². The van der Waals surface area contributed by atoms with Crippen LogP contribution in [0.2, 0.25) is 5.02 Å². The highest BCUT2D eigenvalue weighted by Gasteiger charge is 2.36. The van der Waals surface area contributed by atoms with E-state index in [4.69, 9.17) is 16.3 Å². The third-order valence-corrected chi connectivity index (χ3v) is 4.59. The zero-order valence-corrected chi connectivity index (χ0v) is 13.5. The van der Waals surface area contributed by atoms with Gasteiger partial charge in [0, 0.05) is 10.6 Å². The fourth-order valence-corrected chi connectivity index (χ4v) is 3.19. The second-order valence-corrected chi connectivity index (χ2v) is 6.68. The van der Waals surface area contributed by atoms with Crippen molar-refractivity contribution in [1.29, 1.82) is 0 Å². The molecule has 118 valence electrons. The lowest BCUT2D eigenvalue weighted by Gasteiger charge is -2.36. The number of benzene rings is 2. The minimum absolute atomic E-state index is 0.379. The first-order chi connectivity index (χ1) is 11.0. The Hall–Kier alpha value is -1.88. The molecule has 0 aliphatic carbocycles. The summed E-state index contributed by atoms with van der Waals surface area (Å²) < 4.78 is 7.07. The fraction of sp³-hybridized carbons (Fsp3) is 0.278. The molecule has 1 aliphatic rings. The summed E-state index contributed by atoms with van der Waals surface area (Å²) in [5, 5.41) is 11.0. The molecule has 1 saturated heterocycles. The lowest BCUT2D eigenvalue weighted by Crippen LogP contribution is -2.52. The summed E-state index contributed by atoms with van der Waals surface area (Å²) >= 11 is 6.33. The van der Waals surface area contributed by atoms with Crippen LogP contribution in [0.4, 0.5) is 0 Å². The highest BCUT2D eigenvalue weighted by atomic mass is 35.5. The molecule has 0 saturated carbocycles. The molecule has 5 heteroatoms. The molecule has 0 atom stereocenters. The van der Waals surface area contributed by atoms with Gasteiger partial charge >= 0.3 is 0 Å². The number of halogens is 1. The lowest BCUT2D eigenvalue weighted by molar-refractivity contribution is -0.184. The zero-order chi connectivity index (χ0) is 16.0. The van der Waals surface area contributed by atoms with Crippen LogP contribution >= 0.6 is 11.6 Å². The highest BCUT2D eigenvalue weighted by Crippen LogP contribution is 2.31. The van der Waals surface area contributed by atoms with Crippen molar-refractivity contribution in [3.05, 3.63) is 53.3 Å². The van der Waals surface area contributed by atoms with Crippen molar-refractivity contribution in [2.24, 2.45) is 0 Å². The van der Waals surface area contributed by atoms with E-state index in [1.807, 2.05) is 34.9 Å². The quantitative estimate of drug-likeness (QED) is 0.801. The Balaban J connectivity index is 1.73. The minimum Gasteiger partial charge on any atom is -0.383 e. The van der Waals surface area contributed by atoms with Crippen molar-refractivity contribution in [2.75, 3.05) is 13.2 Å². The molecule has 0 amide bonds. The number of rotatable bonds is 3. The zero-order valence-electron chi connectivity index (χ0n) is 12.8. The summed E-state index contributed by atoms with van der Waals surface area (Å²) in [6.07, 6.45) is 1.77. The molecule has 3 aromatic rings. The van der Waals surface area contributed by atoms with Gasteiger partial charge in [-0.3, -0.25) is 0 Å². The fourth-order valence-electron chi connectivity index (χ4n) is 2.96. The largest absolute Gasteiger partial charge is 0.383 e. The Morgan fingerprint density at radius 3 is 2.83 bits per heavy atom. The first-order valence-corrected chi connectivity index (χ1v) is 7.93. The molecule has 4 nitrogen and oxygen atoms in total. The van der Waals surface area contributed by atoms with E-state index in [1.165, 1.54) is 5.56 Å². The lowest BCUT2D eigenvalue weighted by atomic mass is 10.0. The van der Waals surface area contributed by atoms with E-state index in [-0.39, 0.29) is 0 Å². The third-order valence-electron chi connectivity index (χ3n) is 4.26. The number of fused-ring (bicyclic) bond motifs is 1. The normalized spacial score (nSPS) is 16.5. The Morgan fingerprint density at radius 1 is 1.26 bits per heavy atom. The molecule has 23 heavy (non-hydrogen) atoms. The average molecular weight is 329 g/mol. The van der Waals surface area contributed by atoms with Gasteiger partial charge in [-0.25, -0.2) is 4.98 Å². The van der Waals surface area contributed by atoms with E-state index >= 15 is 0 Å². The molecule has 0 radical (unpaired) electrons. The van der Waals surface area contributed by atoms with Gasteiger partial charge in [-0.15, -0.1) is 0 Å². The number of hydrogen-bond donors (Lipinski definition) is 1. The van der Waals surface area contributed by atoms with Crippen LogP contribution in [-0.4, -0.2) is 33.5 Å². The molecule has 1 N–H and O–H groups in total. The van der Waals surface area contributed by atoms with Gasteiger partial charge in [0.2, 0.25) is 0 Å². The Bertz CT molecular complexity index is 884. The number of aryl methyl sites for hydroxylation is 1. The second kappa shape index (κ2) is 5.34. The maximum Gasteiger partial charge on any atom is 0.129 e. The van der Waals surface area contributed by atoms with Gasteiger partial charge < -0.3 is 14.4 Å². The van der Waals surface area contributed by atoms with Crippen LogP contribution < -0.4 is 0 Å². The molecular weight excluding hydrogens is 312 g/mol. The molecule has 1 fully saturated rings. The van der Waals surface area contributed by atoms with E-state index in [1.54, 1.807) is 6.33 Å². The van der Waals surface area contributed by atoms with Crippen molar-refractivity contribution < 1.29 is 9.84 Å². The smallest absolute Gasteiger partial charge is 0.129 e. The second-order valence-electron chi connectivity index (χ2n) is 6.28. The molecular formula is C18H17ClN2O2. The molecule has 0 unspecified atom stereocenters. The number of hydrogen-bond acceptors (Lipinski definition) is 3. The van der Waals surface area contributed by atoms with Crippen LogP contribution in [0.3, 0.4) is 0 Å². The minimum atomic E-state index is -0.772. The highest BCUT2D eigenvalue weighted by molar-refractivity contribution is 6.33. The van der Waals surface area contributed by atoms with E-state index in [9.17, 15) is 5.11 Å². The van der Waals surface area contributed by atoms with E-state index in [0.29, 0.717) is 19.8 Å². The Morgan fingerprint density at radius 2 is 2.09 bits per heavy atom. The van der Waals surface area contributed by atoms with Gasteiger partial charge in [0.25, 0.3) is 0 Å². The predicted octanol–water partition coefficient (Wildman–Crippen LogP) is 3.43. The molecule has 0 spiro atoms. The summed E-state index contributed by atoms with van der Waals surface area (Å²) in [6.45, 7) is 3.30. The summed E-state index contributed by atoms with van der Waals surface area (Å²) in [4.78, 5) is 4.47. The summed E-state index contributed by atoms with van der Waals surface area (Å²) in [5.41, 5.74) is 4.34. The molecule has 4 rings (SSSR count). The average Bonchev–Trinajstić information content (AvgIpc) is 2.90. The Kier molecular flexibility index (Phi) is 3.41. The first kappa shape index (κ1) is 14.7. The van der Waals surface area contributed by atoms with Crippen LogP contribution in [0.25, 0.3) is 22.2 Å². The number of ether oxygens (including phenoxy) is 1. The predicted molar refractivity (Wildman–Crippen MR) is 90.7 cm³/mol. The van der Waals surface area contributed by atoms with Crippen LogP contribution in [0.5, 0.6) is 0 Å². The molecule has 1 aromatic heterocycles. The van der Waals surface area contributed by atoms with Crippen LogP contribution in [0.15, 0.2) is 42.7 Å². The molecule has 1 aliphatic heterocycles. The summed E-state index contributed by atoms with van der Waals surface area (Å²) in [6, 6.07) is 12.1.